The van der Waals surface area contributed by atoms with Gasteiger partial charge in [0, 0.05) is 55.0 Å². The van der Waals surface area contributed by atoms with Crippen molar-refractivity contribution in [1.82, 2.24) is 9.47 Å². The molecule has 2 atom stereocenters. The number of benzene rings is 1. The molecule has 0 N–H and O–H groups in total. The van der Waals surface area contributed by atoms with Crippen LogP contribution in [-0.4, -0.2) is 27.5 Å². The van der Waals surface area contributed by atoms with Crippen LogP contribution in [0, 0.1) is 16.0 Å². The zero-order chi connectivity index (χ0) is 20.0. The number of nitrogens with zero attached hydrogens (tertiary/aromatic N) is 3. The lowest BCUT2D eigenvalue weighted by atomic mass is 9.83. The lowest BCUT2D eigenvalue weighted by Crippen LogP contribution is -2.46. The van der Waals surface area contributed by atoms with Gasteiger partial charge in [0.05, 0.1) is 11.5 Å². The van der Waals surface area contributed by atoms with E-state index in [0.717, 1.165) is 49.6 Å². The Morgan fingerprint density at radius 1 is 1.03 bits per heavy atom. The number of rotatable bonds is 4. The third kappa shape index (κ3) is 3.38. The minimum Gasteiger partial charge on any atom is -0.460 e. The van der Waals surface area contributed by atoms with Gasteiger partial charge >= 0.3 is 0 Å². The van der Waals surface area contributed by atoms with Gasteiger partial charge in [-0.15, -0.1) is 0 Å². The van der Waals surface area contributed by atoms with Crippen molar-refractivity contribution in [2.24, 2.45) is 5.92 Å². The molecule has 5 rings (SSSR count). The number of pyridine rings is 1. The fourth-order valence-corrected chi connectivity index (χ4v) is 4.71. The Morgan fingerprint density at radius 2 is 1.86 bits per heavy atom. The summed E-state index contributed by atoms with van der Waals surface area (Å²) >= 11 is 0. The second-order valence-corrected chi connectivity index (χ2v) is 7.96. The molecule has 7 heteroatoms. The molecule has 2 aromatic heterocycles. The van der Waals surface area contributed by atoms with Crippen molar-refractivity contribution in [2.45, 2.75) is 25.4 Å². The second kappa shape index (κ2) is 7.00. The molecule has 1 aromatic carbocycles. The summed E-state index contributed by atoms with van der Waals surface area (Å²) < 4.78 is 7.96. The predicted molar refractivity (Wildman–Crippen MR) is 108 cm³/mol. The highest BCUT2D eigenvalue weighted by atomic mass is 16.6. The van der Waals surface area contributed by atoms with E-state index in [1.807, 2.05) is 22.8 Å². The molecule has 2 bridgehead atoms. The molecule has 0 saturated carbocycles. The molecule has 0 radical (unpaired) electrons. The summed E-state index contributed by atoms with van der Waals surface area (Å²) in [4.78, 5) is 25.0. The molecular weight excluding hydrogens is 370 g/mol. The average Bonchev–Trinajstić information content (AvgIpc) is 3.17. The van der Waals surface area contributed by atoms with Gasteiger partial charge < -0.3 is 8.98 Å². The van der Waals surface area contributed by atoms with Gasteiger partial charge in [0.2, 0.25) is 0 Å². The number of non-ortho nitro benzene ring substituents is 1. The Morgan fingerprint density at radius 3 is 2.66 bits per heavy atom. The number of nitro benzene ring substituents is 1. The second-order valence-electron chi connectivity index (χ2n) is 7.96. The van der Waals surface area contributed by atoms with Crippen molar-refractivity contribution < 1.29 is 9.34 Å². The van der Waals surface area contributed by atoms with Gasteiger partial charge in [-0.1, -0.05) is 6.07 Å². The highest BCUT2D eigenvalue weighted by molar-refractivity contribution is 5.59. The summed E-state index contributed by atoms with van der Waals surface area (Å²) in [6, 6.07) is 15.9. The first-order valence-corrected chi connectivity index (χ1v) is 9.82. The van der Waals surface area contributed by atoms with E-state index in [0.29, 0.717) is 17.6 Å². The topological polar surface area (TPSA) is 81.5 Å². The largest absolute Gasteiger partial charge is 0.460 e. The fraction of sp³-hybridized carbons (Fsp3) is 0.318. The van der Waals surface area contributed by atoms with Crippen LogP contribution in [0.2, 0.25) is 0 Å². The van der Waals surface area contributed by atoms with E-state index in [4.69, 9.17) is 4.42 Å². The lowest BCUT2D eigenvalue weighted by molar-refractivity contribution is -0.384. The van der Waals surface area contributed by atoms with E-state index in [1.54, 1.807) is 18.2 Å². The number of nitro groups is 1. The Kier molecular flexibility index (Phi) is 4.32. The highest BCUT2D eigenvalue weighted by Crippen LogP contribution is 2.35. The minimum absolute atomic E-state index is 0.0692. The van der Waals surface area contributed by atoms with Gasteiger partial charge in [-0.05, 0) is 42.7 Å². The van der Waals surface area contributed by atoms with Gasteiger partial charge in [0.25, 0.3) is 11.2 Å². The van der Waals surface area contributed by atoms with Crippen molar-refractivity contribution >= 4 is 5.69 Å². The smallest absolute Gasteiger partial charge is 0.269 e. The molecule has 4 heterocycles. The molecule has 2 aliphatic rings. The van der Waals surface area contributed by atoms with Crippen LogP contribution in [0.5, 0.6) is 0 Å². The molecule has 7 nitrogen and oxygen atoms in total. The van der Waals surface area contributed by atoms with Crippen LogP contribution in [0.3, 0.4) is 0 Å². The SMILES string of the molecule is O=c1cccc2n1CC1CC2CN(Cc2ccc(-c3ccc([N+](=O)[O-])cc3)o2)C1. The normalized spacial score (nSPS) is 21.0. The third-order valence-electron chi connectivity index (χ3n) is 5.96. The molecule has 29 heavy (non-hydrogen) atoms. The molecule has 1 saturated heterocycles. The maximum atomic E-state index is 12.2. The van der Waals surface area contributed by atoms with Crippen LogP contribution in [-0.2, 0) is 13.1 Å². The maximum Gasteiger partial charge on any atom is 0.269 e. The molecule has 0 amide bonds. The van der Waals surface area contributed by atoms with Crippen LogP contribution >= 0.6 is 0 Å². The fourth-order valence-electron chi connectivity index (χ4n) is 4.71. The molecule has 0 aliphatic carbocycles. The molecule has 3 aromatic rings. The highest BCUT2D eigenvalue weighted by Gasteiger charge is 2.34. The Balaban J connectivity index is 1.31. The molecule has 1 fully saturated rings. The Bertz CT molecular complexity index is 1120. The minimum atomic E-state index is -0.406. The summed E-state index contributed by atoms with van der Waals surface area (Å²) in [5.41, 5.74) is 2.14. The number of piperidine rings is 1. The maximum absolute atomic E-state index is 12.2. The first-order valence-electron chi connectivity index (χ1n) is 9.82. The standard InChI is InChI=1S/C22H21N3O4/c26-22-3-1-2-20-17-10-15(12-24(20)22)11-23(13-17)14-19-8-9-21(29-19)16-4-6-18(7-5-16)25(27)28/h1-9,15,17H,10-14H2. The van der Waals surface area contributed by atoms with E-state index in [-0.39, 0.29) is 11.2 Å². The summed E-state index contributed by atoms with van der Waals surface area (Å²) in [6.45, 7) is 3.36. The zero-order valence-corrected chi connectivity index (χ0v) is 15.9. The van der Waals surface area contributed by atoms with E-state index in [2.05, 4.69) is 11.0 Å². The van der Waals surface area contributed by atoms with Crippen LogP contribution in [0.25, 0.3) is 11.3 Å². The Labute approximate surface area is 167 Å². The quantitative estimate of drug-likeness (QED) is 0.501. The van der Waals surface area contributed by atoms with Crippen molar-refractivity contribution in [3.8, 4) is 11.3 Å². The van der Waals surface area contributed by atoms with Crippen LogP contribution in [0.1, 0.15) is 23.8 Å². The van der Waals surface area contributed by atoms with Gasteiger partial charge in [0.15, 0.2) is 0 Å². The van der Waals surface area contributed by atoms with Crippen molar-refractivity contribution in [1.29, 1.82) is 0 Å². The number of fused-ring (bicyclic) bond motifs is 4. The molecule has 2 unspecified atom stereocenters. The first-order chi connectivity index (χ1) is 14.1. The lowest BCUT2D eigenvalue weighted by Gasteiger charge is -2.42. The van der Waals surface area contributed by atoms with Crippen LogP contribution in [0.15, 0.2) is 63.8 Å². The van der Waals surface area contributed by atoms with Crippen molar-refractivity contribution in [2.75, 3.05) is 13.1 Å². The van der Waals surface area contributed by atoms with E-state index in [9.17, 15) is 14.9 Å². The van der Waals surface area contributed by atoms with Crippen LogP contribution < -0.4 is 5.56 Å². The number of hydrogen-bond acceptors (Lipinski definition) is 5. The molecule has 2 aliphatic heterocycles. The summed E-state index contributed by atoms with van der Waals surface area (Å²) in [6.07, 6.45) is 1.13. The molecule has 0 spiro atoms. The number of likely N-dealkylation sites (tertiary alicyclic amines) is 1. The zero-order valence-electron chi connectivity index (χ0n) is 15.9. The van der Waals surface area contributed by atoms with E-state index in [1.165, 1.54) is 12.1 Å². The summed E-state index contributed by atoms with van der Waals surface area (Å²) in [7, 11) is 0. The molecular formula is C22H21N3O4. The monoisotopic (exact) mass is 391 g/mol. The van der Waals surface area contributed by atoms with Gasteiger partial charge in [-0.2, -0.15) is 0 Å². The number of aromatic nitrogens is 1. The number of furan rings is 1. The van der Waals surface area contributed by atoms with Gasteiger partial charge in [-0.25, -0.2) is 0 Å². The average molecular weight is 391 g/mol. The van der Waals surface area contributed by atoms with E-state index < -0.39 is 4.92 Å². The third-order valence-corrected chi connectivity index (χ3v) is 5.96. The summed E-state index contributed by atoms with van der Waals surface area (Å²) in [5, 5.41) is 10.8. The number of hydrogen-bond donors (Lipinski definition) is 0. The van der Waals surface area contributed by atoms with Crippen molar-refractivity contribution in [3.63, 3.8) is 0 Å². The van der Waals surface area contributed by atoms with Gasteiger partial charge in [-0.3, -0.25) is 19.8 Å². The van der Waals surface area contributed by atoms with Crippen molar-refractivity contribution in [3.05, 3.63) is 86.5 Å². The van der Waals surface area contributed by atoms with E-state index >= 15 is 0 Å². The Hall–Kier alpha value is -3.19. The predicted octanol–water partition coefficient (Wildman–Crippen LogP) is 3.64. The molecule has 148 valence electrons. The van der Waals surface area contributed by atoms with Gasteiger partial charge in [0.1, 0.15) is 11.5 Å². The summed E-state index contributed by atoms with van der Waals surface area (Å²) in [5.74, 6) is 2.44. The first kappa shape index (κ1) is 17.9. The van der Waals surface area contributed by atoms with Crippen LogP contribution in [0.4, 0.5) is 5.69 Å².